The van der Waals surface area contributed by atoms with Crippen LogP contribution in [0.2, 0.25) is 0 Å². The zero-order valence-corrected chi connectivity index (χ0v) is 11.7. The van der Waals surface area contributed by atoms with E-state index in [1.165, 1.54) is 37.8 Å². The molecular formula is C14H18BrFO. The highest BCUT2D eigenvalue weighted by atomic mass is 79.9. The Morgan fingerprint density at radius 3 is 2.71 bits per heavy atom. The van der Waals surface area contributed by atoms with Gasteiger partial charge >= 0.3 is 0 Å². The van der Waals surface area contributed by atoms with Crippen LogP contribution in [0.25, 0.3) is 0 Å². The summed E-state index contributed by atoms with van der Waals surface area (Å²) in [5, 5.41) is 0.967. The van der Waals surface area contributed by atoms with Gasteiger partial charge in [0.2, 0.25) is 0 Å². The van der Waals surface area contributed by atoms with Crippen molar-refractivity contribution in [1.29, 1.82) is 0 Å². The van der Waals surface area contributed by atoms with Gasteiger partial charge in [0.25, 0.3) is 0 Å². The topological polar surface area (TPSA) is 9.23 Å². The van der Waals surface area contributed by atoms with Crippen LogP contribution in [0.1, 0.15) is 31.2 Å². The molecule has 94 valence electrons. The van der Waals surface area contributed by atoms with Gasteiger partial charge in [-0.1, -0.05) is 34.8 Å². The van der Waals surface area contributed by atoms with E-state index in [1.807, 2.05) is 6.92 Å². The van der Waals surface area contributed by atoms with Gasteiger partial charge in [0.15, 0.2) is 0 Å². The van der Waals surface area contributed by atoms with Gasteiger partial charge in [-0.15, -0.1) is 0 Å². The third-order valence-corrected chi connectivity index (χ3v) is 4.82. The molecule has 0 bridgehead atoms. The van der Waals surface area contributed by atoms with Crippen LogP contribution in [0.5, 0.6) is 5.75 Å². The molecule has 0 heterocycles. The lowest BCUT2D eigenvalue weighted by Gasteiger charge is -2.26. The Bertz CT molecular complexity index is 386. The monoisotopic (exact) mass is 300 g/mol. The molecule has 1 fully saturated rings. The van der Waals surface area contributed by atoms with E-state index in [0.717, 1.165) is 10.9 Å². The van der Waals surface area contributed by atoms with Crippen LogP contribution in [-0.2, 0) is 0 Å². The van der Waals surface area contributed by atoms with E-state index in [0.29, 0.717) is 12.4 Å². The van der Waals surface area contributed by atoms with E-state index in [1.54, 1.807) is 6.07 Å². The Morgan fingerprint density at radius 2 is 2.06 bits per heavy atom. The van der Waals surface area contributed by atoms with Crippen molar-refractivity contribution in [2.75, 3.05) is 11.9 Å². The van der Waals surface area contributed by atoms with Gasteiger partial charge in [-0.25, -0.2) is 4.39 Å². The Hall–Kier alpha value is -0.570. The minimum Gasteiger partial charge on any atom is -0.493 e. The van der Waals surface area contributed by atoms with E-state index >= 15 is 0 Å². The first-order chi connectivity index (χ1) is 8.15. The summed E-state index contributed by atoms with van der Waals surface area (Å²) in [4.78, 5) is 0. The molecule has 1 aromatic rings. The number of aryl methyl sites for hydroxylation is 1. The summed E-state index contributed by atoms with van der Waals surface area (Å²) in [6.45, 7) is 2.63. The normalized spacial score (nSPS) is 18.3. The van der Waals surface area contributed by atoms with E-state index < -0.39 is 0 Å². The van der Waals surface area contributed by atoms with Crippen molar-refractivity contribution in [3.8, 4) is 5.75 Å². The summed E-state index contributed by atoms with van der Waals surface area (Å²) in [5.74, 6) is 0.446. The van der Waals surface area contributed by atoms with E-state index in [4.69, 9.17) is 4.74 Å². The molecule has 1 aliphatic carbocycles. The maximum absolute atomic E-state index is 13.1. The zero-order valence-electron chi connectivity index (χ0n) is 10.1. The van der Waals surface area contributed by atoms with Crippen molar-refractivity contribution in [3.05, 3.63) is 29.6 Å². The third-order valence-electron chi connectivity index (χ3n) is 3.63. The highest BCUT2D eigenvalue weighted by Gasteiger charge is 2.33. The van der Waals surface area contributed by atoms with Gasteiger partial charge in [-0.3, -0.25) is 0 Å². The van der Waals surface area contributed by atoms with Crippen LogP contribution in [0, 0.1) is 18.2 Å². The largest absolute Gasteiger partial charge is 0.493 e. The van der Waals surface area contributed by atoms with Crippen molar-refractivity contribution in [3.63, 3.8) is 0 Å². The molecule has 1 aliphatic rings. The number of hydrogen-bond donors (Lipinski definition) is 0. The molecule has 0 aromatic heterocycles. The number of ether oxygens (including phenoxy) is 1. The van der Waals surface area contributed by atoms with Crippen LogP contribution >= 0.6 is 15.9 Å². The summed E-state index contributed by atoms with van der Waals surface area (Å²) >= 11 is 3.59. The molecule has 0 spiro atoms. The summed E-state index contributed by atoms with van der Waals surface area (Å²) in [6.07, 6.45) is 4.95. The molecule has 3 heteroatoms. The zero-order chi connectivity index (χ0) is 12.3. The predicted octanol–water partition coefficient (Wildman–Crippen LogP) is 4.47. The minimum atomic E-state index is -0.232. The lowest BCUT2D eigenvalue weighted by Crippen LogP contribution is -2.27. The smallest absolute Gasteiger partial charge is 0.126 e. The molecule has 1 nitrogen and oxygen atoms in total. The average molecular weight is 301 g/mol. The van der Waals surface area contributed by atoms with Gasteiger partial charge in [0, 0.05) is 16.8 Å². The molecule has 0 radical (unpaired) electrons. The Kier molecular flexibility index (Phi) is 4.08. The third kappa shape index (κ3) is 3.01. The molecule has 17 heavy (non-hydrogen) atoms. The van der Waals surface area contributed by atoms with Crippen LogP contribution in [0.3, 0.4) is 0 Å². The molecule has 0 unspecified atom stereocenters. The van der Waals surface area contributed by atoms with E-state index in [9.17, 15) is 4.39 Å². The number of benzene rings is 1. The number of rotatable bonds is 4. The molecule has 2 rings (SSSR count). The molecule has 0 saturated heterocycles. The highest BCUT2D eigenvalue weighted by molar-refractivity contribution is 9.09. The van der Waals surface area contributed by atoms with Crippen LogP contribution < -0.4 is 4.74 Å². The second-order valence-electron chi connectivity index (χ2n) is 5.04. The fourth-order valence-electron chi connectivity index (χ4n) is 2.40. The maximum Gasteiger partial charge on any atom is 0.126 e. The number of hydrogen-bond acceptors (Lipinski definition) is 1. The van der Waals surface area contributed by atoms with Crippen LogP contribution in [-0.4, -0.2) is 11.9 Å². The van der Waals surface area contributed by atoms with Gasteiger partial charge in [-0.05, 0) is 31.4 Å². The second kappa shape index (κ2) is 5.38. The fourth-order valence-corrected chi connectivity index (χ4v) is 3.12. The Morgan fingerprint density at radius 1 is 1.35 bits per heavy atom. The van der Waals surface area contributed by atoms with Crippen molar-refractivity contribution < 1.29 is 9.13 Å². The molecule has 0 aliphatic heterocycles. The highest BCUT2D eigenvalue weighted by Crippen LogP contribution is 2.40. The number of alkyl halides is 1. The average Bonchev–Trinajstić information content (AvgIpc) is 2.80. The lowest BCUT2D eigenvalue weighted by molar-refractivity contribution is 0.172. The van der Waals surface area contributed by atoms with Gasteiger partial charge in [-0.2, -0.15) is 0 Å². The first kappa shape index (κ1) is 12.9. The first-order valence-electron chi connectivity index (χ1n) is 6.10. The maximum atomic E-state index is 13.1. The fraction of sp³-hybridized carbons (Fsp3) is 0.571. The molecule has 0 N–H and O–H groups in total. The Balaban J connectivity index is 2.03. The number of halogens is 2. The first-order valence-corrected chi connectivity index (χ1v) is 7.22. The van der Waals surface area contributed by atoms with Crippen molar-refractivity contribution >= 4 is 15.9 Å². The minimum absolute atomic E-state index is 0.232. The molecule has 1 aromatic carbocycles. The lowest BCUT2D eigenvalue weighted by atomic mass is 9.90. The molecule has 0 atom stereocenters. The standard InChI is InChI=1S/C14H18BrFO/c1-11-4-5-12(16)8-13(11)17-10-14(9-15)6-2-3-7-14/h4-5,8H,2-3,6-7,9-10H2,1H3. The summed E-state index contributed by atoms with van der Waals surface area (Å²) in [5.41, 5.74) is 1.24. The van der Waals surface area contributed by atoms with E-state index in [-0.39, 0.29) is 11.2 Å². The summed E-state index contributed by atoms with van der Waals surface area (Å²) in [7, 11) is 0. The quantitative estimate of drug-likeness (QED) is 0.746. The van der Waals surface area contributed by atoms with Crippen molar-refractivity contribution in [2.24, 2.45) is 5.41 Å². The SMILES string of the molecule is Cc1ccc(F)cc1OCC1(CBr)CCCC1. The van der Waals surface area contributed by atoms with E-state index in [2.05, 4.69) is 15.9 Å². The van der Waals surface area contributed by atoms with Crippen LogP contribution in [0.15, 0.2) is 18.2 Å². The van der Waals surface area contributed by atoms with Crippen molar-refractivity contribution in [2.45, 2.75) is 32.6 Å². The van der Waals surface area contributed by atoms with Gasteiger partial charge in [0.1, 0.15) is 11.6 Å². The molecule has 0 amide bonds. The second-order valence-corrected chi connectivity index (χ2v) is 5.60. The Labute approximate surface area is 110 Å². The van der Waals surface area contributed by atoms with Crippen molar-refractivity contribution in [1.82, 2.24) is 0 Å². The van der Waals surface area contributed by atoms with Crippen LogP contribution in [0.4, 0.5) is 4.39 Å². The predicted molar refractivity (Wildman–Crippen MR) is 71.3 cm³/mol. The summed E-state index contributed by atoms with van der Waals surface area (Å²) in [6, 6.07) is 4.71. The van der Waals surface area contributed by atoms with Gasteiger partial charge < -0.3 is 4.74 Å². The van der Waals surface area contributed by atoms with Gasteiger partial charge in [0.05, 0.1) is 6.61 Å². The summed E-state index contributed by atoms with van der Waals surface area (Å²) < 4.78 is 19.0. The molecular weight excluding hydrogens is 283 g/mol. The molecule has 1 saturated carbocycles.